The van der Waals surface area contributed by atoms with Crippen LogP contribution < -0.4 is 27.0 Å². The molecule has 4 amide bonds. The molecule has 14 heteroatoms. The van der Waals surface area contributed by atoms with E-state index in [1.807, 2.05) is 55.8 Å². The van der Waals surface area contributed by atoms with Crippen molar-refractivity contribution >= 4 is 34.5 Å². The Hall–Kier alpha value is -3.85. The Balaban J connectivity index is 1.42. The molecule has 0 aliphatic heterocycles. The van der Waals surface area contributed by atoms with Gasteiger partial charge in [0.15, 0.2) is 5.69 Å². The standard InChI is InChI=1S/C50H87N7O7/c1-6-8-10-11-12-13-14-15-16-17-18-19-20-21-22-25-31-53-47(59)42(51)29-30-44(58)52-32-35-62-37-39-64-40-38-63-36-33-54-49(61)46(50(3,4)5)55-48(60)45-41-27-23-24-28-43(41)57(56-45)34-26-9-7-2/h7,23-24,27-28,42,46H,2,6,8-22,25-26,29-40,51H2,1,3-5H3,(H,52,58)(H,53,59)(H,54,61)(H,55,60)/t42-,46+/m0/s1. The maximum absolute atomic E-state index is 13.5. The van der Waals surface area contributed by atoms with Crippen molar-refractivity contribution in [3.05, 3.63) is 42.6 Å². The Morgan fingerprint density at radius 1 is 0.703 bits per heavy atom. The van der Waals surface area contributed by atoms with Crippen LogP contribution in [-0.2, 0) is 35.1 Å². The molecule has 2 atom stereocenters. The van der Waals surface area contributed by atoms with Gasteiger partial charge in [0.05, 0.1) is 51.2 Å². The molecular weight excluding hydrogens is 811 g/mol. The van der Waals surface area contributed by atoms with E-state index in [0.717, 1.165) is 36.6 Å². The molecule has 14 nitrogen and oxygen atoms in total. The molecule has 0 saturated heterocycles. The lowest BCUT2D eigenvalue weighted by atomic mass is 9.86. The van der Waals surface area contributed by atoms with E-state index in [1.54, 1.807) is 0 Å². The summed E-state index contributed by atoms with van der Waals surface area (Å²) in [7, 11) is 0. The molecule has 0 unspecified atom stereocenters. The van der Waals surface area contributed by atoms with Crippen molar-refractivity contribution in [3.63, 3.8) is 0 Å². The first-order valence-corrected chi connectivity index (χ1v) is 24.7. The summed E-state index contributed by atoms with van der Waals surface area (Å²) in [5, 5.41) is 16.9. The van der Waals surface area contributed by atoms with Crippen LogP contribution in [0.15, 0.2) is 36.9 Å². The zero-order valence-electron chi connectivity index (χ0n) is 40.3. The summed E-state index contributed by atoms with van der Waals surface area (Å²) in [5.41, 5.74) is 6.64. The zero-order chi connectivity index (χ0) is 46.7. The Kier molecular flexibility index (Phi) is 31.1. The first kappa shape index (κ1) is 56.3. The van der Waals surface area contributed by atoms with Gasteiger partial charge in [-0.1, -0.05) is 148 Å². The number of nitrogens with zero attached hydrogens (tertiary/aromatic N) is 2. The van der Waals surface area contributed by atoms with Crippen LogP contribution in [0.3, 0.4) is 0 Å². The van der Waals surface area contributed by atoms with Crippen molar-refractivity contribution in [2.75, 3.05) is 59.3 Å². The van der Waals surface area contributed by atoms with Crippen LogP contribution in [0.5, 0.6) is 0 Å². The van der Waals surface area contributed by atoms with E-state index in [0.29, 0.717) is 58.4 Å². The minimum absolute atomic E-state index is 0.166. The summed E-state index contributed by atoms with van der Waals surface area (Å²) in [4.78, 5) is 51.3. The van der Waals surface area contributed by atoms with Crippen molar-refractivity contribution < 1.29 is 33.4 Å². The number of aryl methyl sites for hydroxylation is 1. The van der Waals surface area contributed by atoms with Gasteiger partial charge in [-0.05, 0) is 37.2 Å². The molecule has 0 fully saturated rings. The number of carbonyl (C=O) groups is 4. The summed E-state index contributed by atoms with van der Waals surface area (Å²) in [5.74, 6) is -1.07. The summed E-state index contributed by atoms with van der Waals surface area (Å²) in [6.07, 6.45) is 25.0. The highest BCUT2D eigenvalue weighted by Crippen LogP contribution is 2.23. The van der Waals surface area contributed by atoms with Gasteiger partial charge in [-0.2, -0.15) is 5.10 Å². The van der Waals surface area contributed by atoms with Crippen LogP contribution in [0.2, 0.25) is 0 Å². The van der Waals surface area contributed by atoms with E-state index in [4.69, 9.17) is 19.9 Å². The maximum atomic E-state index is 13.5. The van der Waals surface area contributed by atoms with E-state index in [2.05, 4.69) is 39.9 Å². The Bertz CT molecular complexity index is 1580. The molecule has 0 aliphatic rings. The van der Waals surface area contributed by atoms with Gasteiger partial charge in [-0.25, -0.2) is 0 Å². The Labute approximate surface area is 385 Å². The predicted octanol–water partition coefficient (Wildman–Crippen LogP) is 7.91. The maximum Gasteiger partial charge on any atom is 0.273 e. The first-order valence-electron chi connectivity index (χ1n) is 24.7. The normalized spacial score (nSPS) is 12.5. The number of benzene rings is 1. The fraction of sp³-hybridized carbons (Fsp3) is 0.740. The number of hydrogen-bond acceptors (Lipinski definition) is 9. The fourth-order valence-corrected chi connectivity index (χ4v) is 7.40. The van der Waals surface area contributed by atoms with E-state index in [9.17, 15) is 19.2 Å². The van der Waals surface area contributed by atoms with Gasteiger partial charge in [0.1, 0.15) is 6.04 Å². The van der Waals surface area contributed by atoms with Crippen molar-refractivity contribution in [1.82, 2.24) is 31.0 Å². The number of fused-ring (bicyclic) bond motifs is 1. The van der Waals surface area contributed by atoms with Gasteiger partial charge in [-0.15, -0.1) is 6.58 Å². The summed E-state index contributed by atoms with van der Waals surface area (Å²) in [6, 6.07) is 6.11. The highest BCUT2D eigenvalue weighted by molar-refractivity contribution is 6.06. The lowest BCUT2D eigenvalue weighted by molar-refractivity contribution is -0.126. The molecule has 1 aromatic carbocycles. The third-order valence-electron chi connectivity index (χ3n) is 11.3. The van der Waals surface area contributed by atoms with E-state index >= 15 is 0 Å². The molecule has 0 saturated carbocycles. The second-order valence-electron chi connectivity index (χ2n) is 18.0. The molecule has 2 rings (SSSR count). The van der Waals surface area contributed by atoms with Crippen LogP contribution in [0, 0.1) is 5.41 Å². The van der Waals surface area contributed by atoms with E-state index in [1.165, 1.54) is 89.9 Å². The molecule has 2 aromatic rings. The minimum Gasteiger partial charge on any atom is -0.377 e. The average Bonchev–Trinajstić information content (AvgIpc) is 3.65. The number of rotatable bonds is 40. The lowest BCUT2D eigenvalue weighted by Crippen LogP contribution is -2.54. The molecule has 64 heavy (non-hydrogen) atoms. The number of hydrogen-bond donors (Lipinski definition) is 5. The molecule has 6 N–H and O–H groups in total. The fourth-order valence-electron chi connectivity index (χ4n) is 7.40. The van der Waals surface area contributed by atoms with Gasteiger partial charge >= 0.3 is 0 Å². The number of unbranched alkanes of at least 4 members (excludes halogenated alkanes) is 16. The SMILES string of the molecule is C=CCCCn1nc(C(=O)N[C@H](C(=O)NCCOCCOCCOCCNC(=O)CC[C@H](N)C(=O)NCCCCCCCCCCCCCCCCCC)C(C)(C)C)c2ccccc21. The number of para-hydroxylation sites is 1. The smallest absolute Gasteiger partial charge is 0.273 e. The van der Waals surface area contributed by atoms with Crippen molar-refractivity contribution in [2.24, 2.45) is 11.1 Å². The average molecular weight is 898 g/mol. The van der Waals surface area contributed by atoms with Gasteiger partial charge in [0.25, 0.3) is 5.91 Å². The number of nitrogens with one attached hydrogen (secondary N) is 4. The second-order valence-corrected chi connectivity index (χ2v) is 18.0. The number of carbonyl (C=O) groups excluding carboxylic acids is 4. The number of allylic oxidation sites excluding steroid dienone is 1. The third kappa shape index (κ3) is 25.6. The highest BCUT2D eigenvalue weighted by atomic mass is 16.5. The lowest BCUT2D eigenvalue weighted by Gasteiger charge is -2.30. The molecule has 0 bridgehead atoms. The highest BCUT2D eigenvalue weighted by Gasteiger charge is 2.34. The van der Waals surface area contributed by atoms with Crippen molar-refractivity contribution in [2.45, 2.75) is 175 Å². The molecule has 0 radical (unpaired) electrons. The Morgan fingerprint density at radius 3 is 1.78 bits per heavy atom. The number of amides is 4. The molecule has 1 heterocycles. The van der Waals surface area contributed by atoms with E-state index in [-0.39, 0.29) is 43.7 Å². The molecule has 0 spiro atoms. The van der Waals surface area contributed by atoms with Gasteiger partial charge in [0.2, 0.25) is 17.7 Å². The molecule has 364 valence electrons. The van der Waals surface area contributed by atoms with Crippen LogP contribution in [-0.4, -0.2) is 105 Å². The summed E-state index contributed by atoms with van der Waals surface area (Å²) >= 11 is 0. The molecule has 1 aromatic heterocycles. The topological polar surface area (TPSA) is 188 Å². The summed E-state index contributed by atoms with van der Waals surface area (Å²) < 4.78 is 18.5. The van der Waals surface area contributed by atoms with E-state index < -0.39 is 23.4 Å². The summed E-state index contributed by atoms with van der Waals surface area (Å²) in [6.45, 7) is 15.7. The quantitative estimate of drug-likeness (QED) is 0.0327. The van der Waals surface area contributed by atoms with Crippen LogP contribution in [0.1, 0.15) is 167 Å². The second kappa shape index (κ2) is 35.4. The number of aromatic nitrogens is 2. The van der Waals surface area contributed by atoms with Gasteiger partial charge in [-0.3, -0.25) is 23.9 Å². The van der Waals surface area contributed by atoms with Gasteiger partial charge in [0, 0.05) is 38.0 Å². The van der Waals surface area contributed by atoms with Crippen LogP contribution in [0.25, 0.3) is 10.9 Å². The number of ether oxygens (including phenoxy) is 3. The van der Waals surface area contributed by atoms with Crippen molar-refractivity contribution in [1.29, 1.82) is 0 Å². The van der Waals surface area contributed by atoms with Crippen molar-refractivity contribution in [3.8, 4) is 0 Å². The molecule has 0 aliphatic carbocycles. The third-order valence-corrected chi connectivity index (χ3v) is 11.3. The predicted molar refractivity (Wildman–Crippen MR) is 258 cm³/mol. The van der Waals surface area contributed by atoms with Crippen LogP contribution >= 0.6 is 0 Å². The first-order chi connectivity index (χ1) is 31.0. The number of nitrogens with two attached hydrogens (primary N) is 1. The monoisotopic (exact) mass is 898 g/mol. The van der Waals surface area contributed by atoms with Gasteiger partial charge < -0.3 is 41.2 Å². The Morgan fingerprint density at radius 2 is 1.22 bits per heavy atom. The minimum atomic E-state index is -0.791. The zero-order valence-corrected chi connectivity index (χ0v) is 40.3. The molecular formula is C50H87N7O7. The largest absolute Gasteiger partial charge is 0.377 e. The van der Waals surface area contributed by atoms with Crippen LogP contribution in [0.4, 0.5) is 0 Å².